The lowest BCUT2D eigenvalue weighted by Gasteiger charge is -2.41. The quantitative estimate of drug-likeness (QED) is 0.878. The Bertz CT molecular complexity index is 760. The predicted molar refractivity (Wildman–Crippen MR) is 91.4 cm³/mol. The number of aromatic nitrogens is 3. The van der Waals surface area contributed by atoms with Crippen LogP contribution in [0.5, 0.6) is 0 Å². The molecule has 0 saturated carbocycles. The van der Waals surface area contributed by atoms with Crippen LogP contribution in [-0.2, 0) is 4.79 Å². The SMILES string of the molecule is C[C@H]1C[C@@H](N2CC[C@@H](N)C2=O)CN(c2ccnc3nccnc23)C1. The van der Waals surface area contributed by atoms with Gasteiger partial charge in [-0.15, -0.1) is 0 Å². The lowest BCUT2D eigenvalue weighted by atomic mass is 9.94. The average molecular weight is 326 g/mol. The number of amides is 1. The van der Waals surface area contributed by atoms with Gasteiger partial charge in [-0.05, 0) is 24.8 Å². The Hall–Kier alpha value is -2.28. The van der Waals surface area contributed by atoms with Crippen molar-refractivity contribution in [3.63, 3.8) is 0 Å². The topological polar surface area (TPSA) is 88.2 Å². The van der Waals surface area contributed by atoms with Crippen LogP contribution in [-0.4, -0.2) is 57.5 Å². The fourth-order valence-electron chi connectivity index (χ4n) is 3.95. The number of pyridine rings is 1. The summed E-state index contributed by atoms with van der Waals surface area (Å²) in [5.74, 6) is 0.585. The fraction of sp³-hybridized carbons (Fsp3) is 0.529. The Morgan fingerprint density at radius 2 is 1.96 bits per heavy atom. The van der Waals surface area contributed by atoms with Gasteiger partial charge in [-0.25, -0.2) is 15.0 Å². The maximum atomic E-state index is 12.3. The van der Waals surface area contributed by atoms with E-state index in [2.05, 4.69) is 26.8 Å². The largest absolute Gasteiger partial charge is 0.367 e. The van der Waals surface area contributed by atoms with Gasteiger partial charge < -0.3 is 15.5 Å². The van der Waals surface area contributed by atoms with Crippen molar-refractivity contribution in [2.75, 3.05) is 24.5 Å². The van der Waals surface area contributed by atoms with E-state index >= 15 is 0 Å². The molecule has 7 nitrogen and oxygen atoms in total. The van der Waals surface area contributed by atoms with Gasteiger partial charge in [0.15, 0.2) is 5.65 Å². The van der Waals surface area contributed by atoms with Crippen LogP contribution in [0.2, 0.25) is 0 Å². The Labute approximate surface area is 140 Å². The van der Waals surface area contributed by atoms with E-state index in [-0.39, 0.29) is 18.0 Å². The van der Waals surface area contributed by atoms with Crippen molar-refractivity contribution in [3.05, 3.63) is 24.7 Å². The first-order valence-corrected chi connectivity index (χ1v) is 8.50. The number of likely N-dealkylation sites (tertiary alicyclic amines) is 1. The number of carbonyl (C=O) groups is 1. The number of hydrogen-bond donors (Lipinski definition) is 1. The van der Waals surface area contributed by atoms with E-state index in [4.69, 9.17) is 5.73 Å². The maximum absolute atomic E-state index is 12.3. The van der Waals surface area contributed by atoms with Crippen LogP contribution in [0.4, 0.5) is 5.69 Å². The van der Waals surface area contributed by atoms with E-state index in [1.54, 1.807) is 18.6 Å². The summed E-state index contributed by atoms with van der Waals surface area (Å²) in [6.07, 6.45) is 6.90. The zero-order chi connectivity index (χ0) is 16.7. The van der Waals surface area contributed by atoms with Crippen LogP contribution in [0.1, 0.15) is 19.8 Å². The molecule has 0 bridgehead atoms. The van der Waals surface area contributed by atoms with Gasteiger partial charge in [-0.1, -0.05) is 6.92 Å². The highest BCUT2D eigenvalue weighted by Gasteiger charge is 2.37. The van der Waals surface area contributed by atoms with E-state index in [1.807, 2.05) is 11.0 Å². The third-order valence-corrected chi connectivity index (χ3v) is 5.05. The van der Waals surface area contributed by atoms with E-state index < -0.39 is 0 Å². The van der Waals surface area contributed by atoms with Crippen molar-refractivity contribution in [2.24, 2.45) is 11.7 Å². The van der Waals surface area contributed by atoms with Crippen LogP contribution < -0.4 is 10.6 Å². The molecule has 2 N–H and O–H groups in total. The summed E-state index contributed by atoms with van der Waals surface area (Å²) < 4.78 is 0. The zero-order valence-electron chi connectivity index (χ0n) is 13.8. The molecule has 2 fully saturated rings. The van der Waals surface area contributed by atoms with E-state index in [0.717, 1.165) is 43.7 Å². The average Bonchev–Trinajstić information content (AvgIpc) is 2.93. The summed E-state index contributed by atoms with van der Waals surface area (Å²) in [4.78, 5) is 29.7. The molecule has 7 heteroatoms. The third kappa shape index (κ3) is 2.58. The molecule has 2 aromatic rings. The van der Waals surface area contributed by atoms with Crippen molar-refractivity contribution in [1.29, 1.82) is 0 Å². The molecule has 126 valence electrons. The van der Waals surface area contributed by atoms with Gasteiger partial charge in [0.25, 0.3) is 0 Å². The molecule has 2 aliphatic rings. The van der Waals surface area contributed by atoms with Gasteiger partial charge in [0, 0.05) is 44.3 Å². The number of nitrogens with two attached hydrogens (primary N) is 1. The van der Waals surface area contributed by atoms with Crippen molar-refractivity contribution >= 4 is 22.8 Å². The molecule has 4 rings (SSSR count). The van der Waals surface area contributed by atoms with Gasteiger partial charge in [0.1, 0.15) is 5.52 Å². The van der Waals surface area contributed by atoms with Crippen LogP contribution in [0, 0.1) is 5.92 Å². The summed E-state index contributed by atoms with van der Waals surface area (Å²) in [5, 5.41) is 0. The molecular formula is C17H22N6O. The summed E-state index contributed by atoms with van der Waals surface area (Å²) in [6.45, 7) is 4.75. The van der Waals surface area contributed by atoms with Crippen molar-refractivity contribution in [3.8, 4) is 0 Å². The second-order valence-electron chi connectivity index (χ2n) is 6.89. The number of nitrogens with zero attached hydrogens (tertiary/aromatic N) is 5. The van der Waals surface area contributed by atoms with Crippen molar-refractivity contribution in [2.45, 2.75) is 31.8 Å². The minimum Gasteiger partial charge on any atom is -0.367 e. The smallest absolute Gasteiger partial charge is 0.239 e. The summed E-state index contributed by atoms with van der Waals surface area (Å²) in [7, 11) is 0. The Kier molecular flexibility index (Phi) is 3.80. The number of hydrogen-bond acceptors (Lipinski definition) is 6. The number of rotatable bonds is 2. The molecule has 2 saturated heterocycles. The first-order chi connectivity index (χ1) is 11.6. The van der Waals surface area contributed by atoms with Gasteiger partial charge in [0.2, 0.25) is 5.91 Å². The Morgan fingerprint density at radius 1 is 1.17 bits per heavy atom. The summed E-state index contributed by atoms with van der Waals surface area (Å²) >= 11 is 0. The molecule has 0 aliphatic carbocycles. The molecule has 2 aliphatic heterocycles. The lowest BCUT2D eigenvalue weighted by molar-refractivity contribution is -0.131. The third-order valence-electron chi connectivity index (χ3n) is 5.05. The zero-order valence-corrected chi connectivity index (χ0v) is 13.8. The fourth-order valence-corrected chi connectivity index (χ4v) is 3.95. The van der Waals surface area contributed by atoms with Gasteiger partial charge in [-0.3, -0.25) is 4.79 Å². The molecule has 4 heterocycles. The number of piperidine rings is 1. The summed E-state index contributed by atoms with van der Waals surface area (Å²) in [6, 6.07) is 1.86. The van der Waals surface area contributed by atoms with Gasteiger partial charge in [-0.2, -0.15) is 0 Å². The van der Waals surface area contributed by atoms with Crippen LogP contribution in [0.25, 0.3) is 11.2 Å². The first-order valence-electron chi connectivity index (χ1n) is 8.50. The predicted octanol–water partition coefficient (Wildman–Crippen LogP) is 0.799. The van der Waals surface area contributed by atoms with Crippen molar-refractivity contribution < 1.29 is 4.79 Å². The van der Waals surface area contributed by atoms with Crippen molar-refractivity contribution in [1.82, 2.24) is 19.9 Å². The molecular weight excluding hydrogens is 304 g/mol. The van der Waals surface area contributed by atoms with Gasteiger partial charge in [0.05, 0.1) is 11.7 Å². The highest BCUT2D eigenvalue weighted by molar-refractivity contribution is 5.86. The van der Waals surface area contributed by atoms with Gasteiger partial charge >= 0.3 is 0 Å². The summed E-state index contributed by atoms with van der Waals surface area (Å²) in [5.41, 5.74) is 8.41. The Balaban J connectivity index is 1.64. The molecule has 24 heavy (non-hydrogen) atoms. The lowest BCUT2D eigenvalue weighted by Crippen LogP contribution is -2.52. The molecule has 0 unspecified atom stereocenters. The standard InChI is InChI=1S/C17H22N6O/c1-11-8-12(23-7-3-13(18)17(23)24)10-22(9-11)14-2-4-20-16-15(14)19-5-6-21-16/h2,4-6,11-13H,3,7-10,18H2,1H3/t11-,12+,13+/m0/s1. The van der Waals surface area contributed by atoms with Crippen LogP contribution in [0.15, 0.2) is 24.7 Å². The number of carbonyl (C=O) groups excluding carboxylic acids is 1. The van der Waals surface area contributed by atoms with Crippen LogP contribution in [0.3, 0.4) is 0 Å². The monoisotopic (exact) mass is 326 g/mol. The van der Waals surface area contributed by atoms with E-state index in [9.17, 15) is 4.79 Å². The maximum Gasteiger partial charge on any atom is 0.239 e. The second kappa shape index (κ2) is 5.98. The molecule has 0 spiro atoms. The molecule has 1 amide bonds. The number of anilines is 1. The van der Waals surface area contributed by atoms with E-state index in [1.165, 1.54) is 0 Å². The molecule has 3 atom stereocenters. The number of fused-ring (bicyclic) bond motifs is 1. The minimum absolute atomic E-state index is 0.0911. The van der Waals surface area contributed by atoms with E-state index in [0.29, 0.717) is 11.6 Å². The second-order valence-corrected chi connectivity index (χ2v) is 6.89. The molecule has 2 aromatic heterocycles. The molecule has 0 radical (unpaired) electrons. The highest BCUT2D eigenvalue weighted by Crippen LogP contribution is 2.30. The Morgan fingerprint density at radius 3 is 2.75 bits per heavy atom. The first kappa shape index (κ1) is 15.3. The van der Waals surface area contributed by atoms with Crippen LogP contribution >= 0.6 is 0 Å². The highest BCUT2D eigenvalue weighted by atomic mass is 16.2. The molecule has 0 aromatic carbocycles. The minimum atomic E-state index is -0.330. The normalized spacial score (nSPS) is 27.9.